The molecule has 0 radical (unpaired) electrons. The molecule has 1 nitrogen and oxygen atoms in total. The van der Waals surface area contributed by atoms with Crippen LogP contribution in [0, 0.1) is 0 Å². The Hall–Kier alpha value is -1.24. The fourth-order valence-electron chi connectivity index (χ4n) is 1.18. The summed E-state index contributed by atoms with van der Waals surface area (Å²) in [6, 6.07) is 5.66. The van der Waals surface area contributed by atoms with E-state index in [9.17, 15) is 5.11 Å². The molecule has 0 bridgehead atoms. The summed E-state index contributed by atoms with van der Waals surface area (Å²) >= 11 is 0. The molecule has 0 unspecified atom stereocenters. The monoisotopic (exact) mass is 162 g/mol. The highest BCUT2D eigenvalue weighted by atomic mass is 16.3. The van der Waals surface area contributed by atoms with Gasteiger partial charge in [-0.15, -0.1) is 0 Å². The summed E-state index contributed by atoms with van der Waals surface area (Å²) < 4.78 is 0. The number of hydrogen-bond donors (Lipinski definition) is 1. The van der Waals surface area contributed by atoms with E-state index in [0.717, 1.165) is 17.5 Å². The van der Waals surface area contributed by atoms with Gasteiger partial charge in [0.1, 0.15) is 5.75 Å². The van der Waals surface area contributed by atoms with Gasteiger partial charge in [0.15, 0.2) is 0 Å². The predicted octanol–water partition coefficient (Wildman–Crippen LogP) is 2.99. The SMILES string of the molecule is C/C=C/c1ccc(O)c(CC)c1. The van der Waals surface area contributed by atoms with Gasteiger partial charge >= 0.3 is 0 Å². The van der Waals surface area contributed by atoms with E-state index in [0.29, 0.717) is 5.75 Å². The number of phenolic OH excluding ortho intramolecular Hbond substituents is 1. The van der Waals surface area contributed by atoms with E-state index in [-0.39, 0.29) is 0 Å². The Bertz CT molecular complexity index is 287. The molecule has 0 atom stereocenters. The molecular formula is C11H14O. The average Bonchev–Trinajstić information content (AvgIpc) is 2.09. The Morgan fingerprint density at radius 1 is 1.42 bits per heavy atom. The van der Waals surface area contributed by atoms with Gasteiger partial charge in [-0.2, -0.15) is 0 Å². The molecule has 12 heavy (non-hydrogen) atoms. The molecule has 0 amide bonds. The molecule has 64 valence electrons. The number of aromatic hydroxyl groups is 1. The van der Waals surface area contributed by atoms with Crippen molar-refractivity contribution in [1.82, 2.24) is 0 Å². The first-order valence-corrected chi connectivity index (χ1v) is 4.22. The van der Waals surface area contributed by atoms with Gasteiger partial charge in [-0.1, -0.05) is 25.1 Å². The van der Waals surface area contributed by atoms with E-state index in [4.69, 9.17) is 0 Å². The van der Waals surface area contributed by atoms with Gasteiger partial charge in [0.25, 0.3) is 0 Å². The van der Waals surface area contributed by atoms with E-state index in [1.165, 1.54) is 0 Å². The van der Waals surface area contributed by atoms with Crippen LogP contribution in [0.4, 0.5) is 0 Å². The lowest BCUT2D eigenvalue weighted by Crippen LogP contribution is -1.82. The second-order valence-electron chi connectivity index (χ2n) is 2.74. The molecule has 0 aliphatic carbocycles. The van der Waals surface area contributed by atoms with Gasteiger partial charge < -0.3 is 5.11 Å². The Morgan fingerprint density at radius 2 is 2.17 bits per heavy atom. The van der Waals surface area contributed by atoms with Gasteiger partial charge in [0.2, 0.25) is 0 Å². The van der Waals surface area contributed by atoms with Crippen molar-refractivity contribution in [2.45, 2.75) is 20.3 Å². The van der Waals surface area contributed by atoms with Crippen LogP contribution in [0.1, 0.15) is 25.0 Å². The molecule has 1 aromatic carbocycles. The fraction of sp³-hybridized carbons (Fsp3) is 0.273. The smallest absolute Gasteiger partial charge is 0.118 e. The highest BCUT2D eigenvalue weighted by Gasteiger charge is 1.97. The fourth-order valence-corrected chi connectivity index (χ4v) is 1.18. The third-order valence-electron chi connectivity index (χ3n) is 1.84. The number of allylic oxidation sites excluding steroid dienone is 1. The molecule has 0 fully saturated rings. The molecule has 0 saturated heterocycles. The van der Waals surface area contributed by atoms with Crippen molar-refractivity contribution in [2.24, 2.45) is 0 Å². The first-order chi connectivity index (χ1) is 5.77. The highest BCUT2D eigenvalue weighted by molar-refractivity contribution is 5.52. The van der Waals surface area contributed by atoms with E-state index in [1.807, 2.05) is 38.1 Å². The maximum atomic E-state index is 9.38. The summed E-state index contributed by atoms with van der Waals surface area (Å²) in [6.45, 7) is 4.02. The zero-order valence-corrected chi connectivity index (χ0v) is 7.54. The van der Waals surface area contributed by atoms with Crippen LogP contribution >= 0.6 is 0 Å². The van der Waals surface area contributed by atoms with Crippen molar-refractivity contribution in [3.63, 3.8) is 0 Å². The van der Waals surface area contributed by atoms with Gasteiger partial charge in [0.05, 0.1) is 0 Å². The minimum Gasteiger partial charge on any atom is -0.508 e. The van der Waals surface area contributed by atoms with Gasteiger partial charge in [-0.05, 0) is 36.6 Å². The lowest BCUT2D eigenvalue weighted by atomic mass is 10.1. The van der Waals surface area contributed by atoms with Crippen LogP contribution in [0.2, 0.25) is 0 Å². The standard InChI is InChI=1S/C11H14O/c1-3-5-9-6-7-11(12)10(4-2)8-9/h3,5-8,12H,4H2,1-2H3/b5-3+. The third kappa shape index (κ3) is 1.88. The molecule has 0 spiro atoms. The topological polar surface area (TPSA) is 20.2 Å². The van der Waals surface area contributed by atoms with Crippen LogP contribution in [0.3, 0.4) is 0 Å². The second kappa shape index (κ2) is 3.96. The number of benzene rings is 1. The van der Waals surface area contributed by atoms with E-state index >= 15 is 0 Å². The predicted molar refractivity (Wildman–Crippen MR) is 52.2 cm³/mol. The third-order valence-corrected chi connectivity index (χ3v) is 1.84. The molecule has 0 aliphatic heterocycles. The molecule has 1 aromatic rings. The summed E-state index contributed by atoms with van der Waals surface area (Å²) in [5.74, 6) is 0.394. The first kappa shape index (κ1) is 8.85. The molecule has 1 N–H and O–H groups in total. The van der Waals surface area contributed by atoms with Crippen molar-refractivity contribution < 1.29 is 5.11 Å². The van der Waals surface area contributed by atoms with Crippen LogP contribution in [0.15, 0.2) is 24.3 Å². The summed E-state index contributed by atoms with van der Waals surface area (Å²) in [5, 5.41) is 9.38. The Kier molecular flexibility index (Phi) is 2.92. The van der Waals surface area contributed by atoms with Gasteiger partial charge in [-0.3, -0.25) is 0 Å². The average molecular weight is 162 g/mol. The Morgan fingerprint density at radius 3 is 2.75 bits per heavy atom. The van der Waals surface area contributed by atoms with Crippen LogP contribution in [-0.2, 0) is 6.42 Å². The summed E-state index contributed by atoms with van der Waals surface area (Å²) in [7, 11) is 0. The van der Waals surface area contributed by atoms with Gasteiger partial charge in [-0.25, -0.2) is 0 Å². The van der Waals surface area contributed by atoms with Crippen molar-refractivity contribution in [1.29, 1.82) is 0 Å². The largest absolute Gasteiger partial charge is 0.508 e. The van der Waals surface area contributed by atoms with Crippen molar-refractivity contribution in [3.8, 4) is 5.75 Å². The summed E-state index contributed by atoms with van der Waals surface area (Å²) in [6.07, 6.45) is 4.89. The highest BCUT2D eigenvalue weighted by Crippen LogP contribution is 2.19. The maximum absolute atomic E-state index is 9.38. The number of hydrogen-bond acceptors (Lipinski definition) is 1. The Balaban J connectivity index is 3.05. The van der Waals surface area contributed by atoms with E-state index in [2.05, 4.69) is 0 Å². The quantitative estimate of drug-likeness (QED) is 0.708. The first-order valence-electron chi connectivity index (χ1n) is 4.22. The van der Waals surface area contributed by atoms with Crippen LogP contribution in [0.5, 0.6) is 5.75 Å². The molecule has 0 saturated carbocycles. The van der Waals surface area contributed by atoms with E-state index in [1.54, 1.807) is 6.07 Å². The normalized spacial score (nSPS) is 10.8. The molecule has 1 heteroatoms. The van der Waals surface area contributed by atoms with Gasteiger partial charge in [0, 0.05) is 0 Å². The minimum atomic E-state index is 0.394. The molecule has 1 rings (SSSR count). The number of aryl methyl sites for hydroxylation is 1. The Labute approximate surface area is 73.4 Å². The minimum absolute atomic E-state index is 0.394. The summed E-state index contributed by atoms with van der Waals surface area (Å²) in [5.41, 5.74) is 2.15. The van der Waals surface area contributed by atoms with Crippen LogP contribution in [-0.4, -0.2) is 5.11 Å². The number of phenols is 1. The molecular weight excluding hydrogens is 148 g/mol. The second-order valence-corrected chi connectivity index (χ2v) is 2.74. The maximum Gasteiger partial charge on any atom is 0.118 e. The van der Waals surface area contributed by atoms with Crippen LogP contribution in [0.25, 0.3) is 6.08 Å². The van der Waals surface area contributed by atoms with Crippen molar-refractivity contribution >= 4 is 6.08 Å². The molecule has 0 aliphatic rings. The zero-order chi connectivity index (χ0) is 8.97. The molecule has 0 aromatic heterocycles. The number of rotatable bonds is 2. The summed E-state index contributed by atoms with van der Waals surface area (Å²) in [4.78, 5) is 0. The lowest BCUT2D eigenvalue weighted by molar-refractivity contribution is 0.469. The van der Waals surface area contributed by atoms with Crippen molar-refractivity contribution in [3.05, 3.63) is 35.4 Å². The molecule has 0 heterocycles. The van der Waals surface area contributed by atoms with Crippen LogP contribution < -0.4 is 0 Å². The van der Waals surface area contributed by atoms with Crippen molar-refractivity contribution in [2.75, 3.05) is 0 Å². The van der Waals surface area contributed by atoms with E-state index < -0.39 is 0 Å². The zero-order valence-electron chi connectivity index (χ0n) is 7.54. The lowest BCUT2D eigenvalue weighted by Gasteiger charge is -2.01.